The number of para-hydroxylation sites is 1. The Hall–Kier alpha value is -1.06. The molecule has 2 atom stereocenters. The van der Waals surface area contributed by atoms with Gasteiger partial charge in [-0.3, -0.25) is 0 Å². The summed E-state index contributed by atoms with van der Waals surface area (Å²) in [6.45, 7) is 5.14. The number of aliphatic hydroxyl groups is 1. The highest BCUT2D eigenvalue weighted by Gasteiger charge is 2.46. The lowest BCUT2D eigenvalue weighted by Crippen LogP contribution is -2.60. The first kappa shape index (κ1) is 13.4. The number of hydrogen-bond donors (Lipinski definition) is 2. The Labute approximate surface area is 109 Å². The minimum atomic E-state index is -0.165. The molecular formula is C15H23NO2. The Morgan fingerprint density at radius 2 is 2.11 bits per heavy atom. The Morgan fingerprint density at radius 1 is 1.39 bits per heavy atom. The van der Waals surface area contributed by atoms with Crippen molar-refractivity contribution in [3.63, 3.8) is 0 Å². The molecule has 1 aliphatic rings. The molecule has 0 amide bonds. The van der Waals surface area contributed by atoms with Gasteiger partial charge in [-0.25, -0.2) is 0 Å². The van der Waals surface area contributed by atoms with E-state index in [0.717, 1.165) is 25.1 Å². The lowest BCUT2D eigenvalue weighted by Gasteiger charge is -2.49. The highest BCUT2D eigenvalue weighted by molar-refractivity contribution is 5.33. The lowest BCUT2D eigenvalue weighted by molar-refractivity contribution is -0.0720. The number of hydrogen-bond acceptors (Lipinski definition) is 3. The van der Waals surface area contributed by atoms with Crippen LogP contribution in [0.25, 0.3) is 0 Å². The standard InChI is InChI=1S/C15H23NO2/c1-15(2)13(10-14(15)17)16-9-8-11-6-4-5-7-12(11)18-3/h4-7,13-14,16-17H,8-10H2,1-3H3. The summed E-state index contributed by atoms with van der Waals surface area (Å²) in [6.07, 6.45) is 1.65. The van der Waals surface area contributed by atoms with Crippen molar-refractivity contribution in [3.05, 3.63) is 29.8 Å². The van der Waals surface area contributed by atoms with Gasteiger partial charge in [-0.05, 0) is 31.0 Å². The first-order valence-electron chi connectivity index (χ1n) is 6.59. The van der Waals surface area contributed by atoms with E-state index in [1.807, 2.05) is 18.2 Å². The molecular weight excluding hydrogens is 226 g/mol. The molecule has 0 bridgehead atoms. The average molecular weight is 249 g/mol. The molecule has 2 unspecified atom stereocenters. The minimum Gasteiger partial charge on any atom is -0.496 e. The normalized spacial score (nSPS) is 25.6. The van der Waals surface area contributed by atoms with Crippen LogP contribution in [0.3, 0.4) is 0 Å². The maximum absolute atomic E-state index is 9.68. The SMILES string of the molecule is COc1ccccc1CCNC1CC(O)C1(C)C. The zero-order valence-electron chi connectivity index (χ0n) is 11.4. The topological polar surface area (TPSA) is 41.5 Å². The van der Waals surface area contributed by atoms with E-state index in [-0.39, 0.29) is 11.5 Å². The maximum atomic E-state index is 9.68. The Balaban J connectivity index is 1.83. The quantitative estimate of drug-likeness (QED) is 0.838. The summed E-state index contributed by atoms with van der Waals surface area (Å²) in [5, 5.41) is 13.2. The third kappa shape index (κ3) is 2.52. The number of nitrogens with one attached hydrogen (secondary N) is 1. The van der Waals surface area contributed by atoms with E-state index in [9.17, 15) is 5.11 Å². The lowest BCUT2D eigenvalue weighted by atomic mass is 9.64. The summed E-state index contributed by atoms with van der Waals surface area (Å²) in [6, 6.07) is 8.53. The van der Waals surface area contributed by atoms with E-state index in [0.29, 0.717) is 6.04 Å². The summed E-state index contributed by atoms with van der Waals surface area (Å²) in [5.74, 6) is 0.951. The second kappa shape index (κ2) is 5.29. The van der Waals surface area contributed by atoms with E-state index in [4.69, 9.17) is 4.74 Å². The third-order valence-corrected chi connectivity index (χ3v) is 4.19. The van der Waals surface area contributed by atoms with Crippen molar-refractivity contribution in [2.75, 3.05) is 13.7 Å². The van der Waals surface area contributed by atoms with Gasteiger partial charge in [0.05, 0.1) is 13.2 Å². The van der Waals surface area contributed by atoms with Gasteiger partial charge in [-0.15, -0.1) is 0 Å². The molecule has 1 aliphatic carbocycles. The highest BCUT2D eigenvalue weighted by atomic mass is 16.5. The maximum Gasteiger partial charge on any atom is 0.122 e. The number of aliphatic hydroxyl groups excluding tert-OH is 1. The van der Waals surface area contributed by atoms with Crippen LogP contribution in [0.2, 0.25) is 0 Å². The molecule has 1 aromatic carbocycles. The molecule has 2 rings (SSSR count). The van der Waals surface area contributed by atoms with Gasteiger partial charge in [0.25, 0.3) is 0 Å². The van der Waals surface area contributed by atoms with Crippen LogP contribution in [0.1, 0.15) is 25.8 Å². The third-order valence-electron chi connectivity index (χ3n) is 4.19. The molecule has 3 heteroatoms. The van der Waals surface area contributed by atoms with Gasteiger partial charge in [0.15, 0.2) is 0 Å². The van der Waals surface area contributed by atoms with Gasteiger partial charge in [-0.1, -0.05) is 32.0 Å². The number of ether oxygens (including phenoxy) is 1. The minimum absolute atomic E-state index is 0.000768. The van der Waals surface area contributed by atoms with Crippen LogP contribution in [0, 0.1) is 5.41 Å². The molecule has 2 N–H and O–H groups in total. The molecule has 0 spiro atoms. The summed E-state index contributed by atoms with van der Waals surface area (Å²) in [7, 11) is 1.71. The van der Waals surface area contributed by atoms with Crippen molar-refractivity contribution < 1.29 is 9.84 Å². The Kier molecular flexibility index (Phi) is 3.93. The number of benzene rings is 1. The second-order valence-electron chi connectivity index (χ2n) is 5.64. The van der Waals surface area contributed by atoms with E-state index < -0.39 is 0 Å². The monoisotopic (exact) mass is 249 g/mol. The van der Waals surface area contributed by atoms with Crippen molar-refractivity contribution in [2.24, 2.45) is 5.41 Å². The molecule has 0 aliphatic heterocycles. The van der Waals surface area contributed by atoms with Gasteiger partial charge in [0.1, 0.15) is 5.75 Å². The molecule has 3 nitrogen and oxygen atoms in total. The van der Waals surface area contributed by atoms with Crippen LogP contribution in [-0.4, -0.2) is 30.9 Å². The van der Waals surface area contributed by atoms with Crippen molar-refractivity contribution in [2.45, 2.75) is 38.8 Å². The zero-order valence-corrected chi connectivity index (χ0v) is 11.4. The van der Waals surface area contributed by atoms with E-state index in [2.05, 4.69) is 25.2 Å². The molecule has 1 saturated carbocycles. The van der Waals surface area contributed by atoms with E-state index >= 15 is 0 Å². The van der Waals surface area contributed by atoms with Crippen LogP contribution in [0.5, 0.6) is 5.75 Å². The van der Waals surface area contributed by atoms with Gasteiger partial charge in [-0.2, -0.15) is 0 Å². The van der Waals surface area contributed by atoms with Gasteiger partial charge in [0.2, 0.25) is 0 Å². The molecule has 0 aromatic heterocycles. The van der Waals surface area contributed by atoms with Crippen LogP contribution in [-0.2, 0) is 6.42 Å². The molecule has 1 fully saturated rings. The van der Waals surface area contributed by atoms with Crippen LogP contribution >= 0.6 is 0 Å². The van der Waals surface area contributed by atoms with E-state index in [1.54, 1.807) is 7.11 Å². The molecule has 0 heterocycles. The Morgan fingerprint density at radius 3 is 2.72 bits per heavy atom. The zero-order chi connectivity index (χ0) is 13.2. The number of rotatable bonds is 5. The smallest absolute Gasteiger partial charge is 0.122 e. The summed E-state index contributed by atoms with van der Waals surface area (Å²) in [4.78, 5) is 0. The molecule has 0 radical (unpaired) electrons. The van der Waals surface area contributed by atoms with Crippen LogP contribution in [0.15, 0.2) is 24.3 Å². The predicted molar refractivity (Wildman–Crippen MR) is 72.9 cm³/mol. The average Bonchev–Trinajstić information content (AvgIpc) is 2.38. The van der Waals surface area contributed by atoms with Crippen LogP contribution in [0.4, 0.5) is 0 Å². The van der Waals surface area contributed by atoms with E-state index in [1.165, 1.54) is 5.56 Å². The Bertz CT molecular complexity index is 403. The highest BCUT2D eigenvalue weighted by Crippen LogP contribution is 2.40. The fraction of sp³-hybridized carbons (Fsp3) is 0.600. The van der Waals surface area contributed by atoms with Gasteiger partial charge in [0, 0.05) is 11.5 Å². The summed E-state index contributed by atoms with van der Waals surface area (Å²) < 4.78 is 5.33. The first-order chi connectivity index (χ1) is 8.55. The predicted octanol–water partition coefficient (Wildman–Crippen LogP) is 1.99. The summed E-state index contributed by atoms with van der Waals surface area (Å²) >= 11 is 0. The van der Waals surface area contributed by atoms with Crippen molar-refractivity contribution in [3.8, 4) is 5.75 Å². The van der Waals surface area contributed by atoms with Crippen molar-refractivity contribution in [1.82, 2.24) is 5.32 Å². The van der Waals surface area contributed by atoms with Crippen molar-refractivity contribution in [1.29, 1.82) is 0 Å². The molecule has 100 valence electrons. The van der Waals surface area contributed by atoms with Gasteiger partial charge >= 0.3 is 0 Å². The van der Waals surface area contributed by atoms with Crippen LogP contribution < -0.4 is 10.1 Å². The fourth-order valence-electron chi connectivity index (χ4n) is 2.54. The van der Waals surface area contributed by atoms with Gasteiger partial charge < -0.3 is 15.2 Å². The molecule has 18 heavy (non-hydrogen) atoms. The first-order valence-corrected chi connectivity index (χ1v) is 6.59. The van der Waals surface area contributed by atoms with Crippen molar-refractivity contribution >= 4 is 0 Å². The largest absolute Gasteiger partial charge is 0.496 e. The summed E-state index contributed by atoms with van der Waals surface area (Å²) in [5.41, 5.74) is 1.23. The second-order valence-corrected chi connectivity index (χ2v) is 5.64. The molecule has 1 aromatic rings. The molecule has 0 saturated heterocycles. The fourth-order valence-corrected chi connectivity index (χ4v) is 2.54. The number of methoxy groups -OCH3 is 1.